The predicted molar refractivity (Wildman–Crippen MR) is 101 cm³/mol. The van der Waals surface area contributed by atoms with Crippen molar-refractivity contribution in [2.75, 3.05) is 19.3 Å². The minimum absolute atomic E-state index is 0.0361. The van der Waals surface area contributed by atoms with Gasteiger partial charge in [0.1, 0.15) is 5.00 Å². The number of likely N-dealkylation sites (N-methyl/N-ethyl adjacent to an activating group) is 1. The third-order valence-corrected chi connectivity index (χ3v) is 7.16. The molecule has 7 nitrogen and oxygen atoms in total. The third-order valence-electron chi connectivity index (χ3n) is 4.34. The van der Waals surface area contributed by atoms with Crippen LogP contribution in [0, 0.1) is 0 Å². The maximum absolute atomic E-state index is 10.9. The van der Waals surface area contributed by atoms with Gasteiger partial charge in [-0.2, -0.15) is 5.10 Å². The van der Waals surface area contributed by atoms with Crippen LogP contribution in [0.2, 0.25) is 0 Å². The number of rotatable bonds is 5. The van der Waals surface area contributed by atoms with E-state index < -0.39 is 5.97 Å². The van der Waals surface area contributed by atoms with Crippen molar-refractivity contribution in [1.29, 1.82) is 0 Å². The topological polar surface area (TPSA) is 83.6 Å². The molecule has 0 fully saturated rings. The molecule has 1 atom stereocenters. The van der Waals surface area contributed by atoms with Gasteiger partial charge in [-0.1, -0.05) is 11.8 Å². The van der Waals surface area contributed by atoms with Crippen LogP contribution in [0.5, 0.6) is 0 Å². The van der Waals surface area contributed by atoms with Crippen LogP contribution in [0.15, 0.2) is 15.0 Å². The lowest BCUT2D eigenvalue weighted by molar-refractivity contribution is -0.133. The lowest BCUT2D eigenvalue weighted by atomic mass is 10.0. The Balaban J connectivity index is 1.76. The van der Waals surface area contributed by atoms with Gasteiger partial charge in [-0.3, -0.25) is 14.4 Å². The van der Waals surface area contributed by atoms with E-state index in [1.807, 2.05) is 22.8 Å². The molecule has 2 aliphatic rings. The summed E-state index contributed by atoms with van der Waals surface area (Å²) in [7, 11) is 1.99. The third kappa shape index (κ3) is 3.11. The Morgan fingerprint density at radius 3 is 2.96 bits per heavy atom. The predicted octanol–water partition coefficient (Wildman–Crippen LogP) is 2.77. The average Bonchev–Trinajstić information content (AvgIpc) is 3.30. The van der Waals surface area contributed by atoms with Gasteiger partial charge in [0.15, 0.2) is 5.16 Å². The van der Waals surface area contributed by atoms with E-state index in [0.717, 1.165) is 30.8 Å². The normalized spacial score (nSPS) is 19.0. The van der Waals surface area contributed by atoms with Crippen LogP contribution in [0.25, 0.3) is 5.00 Å². The summed E-state index contributed by atoms with van der Waals surface area (Å²) in [6.07, 6.45) is 5.30. The molecule has 0 bridgehead atoms. The highest BCUT2D eigenvalue weighted by atomic mass is 79.9. The zero-order chi connectivity index (χ0) is 17.6. The van der Waals surface area contributed by atoms with Crippen molar-refractivity contribution in [1.82, 2.24) is 19.8 Å². The minimum atomic E-state index is -0.863. The summed E-state index contributed by atoms with van der Waals surface area (Å²) in [6, 6.07) is 0. The van der Waals surface area contributed by atoms with Crippen molar-refractivity contribution < 1.29 is 9.90 Å². The second-order valence-corrected chi connectivity index (χ2v) is 8.75. The maximum atomic E-state index is 10.9. The van der Waals surface area contributed by atoms with E-state index in [2.05, 4.69) is 31.2 Å². The summed E-state index contributed by atoms with van der Waals surface area (Å²) in [6.45, 7) is 0.899. The molecule has 10 heteroatoms. The summed E-state index contributed by atoms with van der Waals surface area (Å²) in [5.74, 6) is -0.579. The number of thioether (sulfide) groups is 1. The Morgan fingerprint density at radius 1 is 1.44 bits per heavy atom. The first kappa shape index (κ1) is 17.0. The zero-order valence-corrected chi connectivity index (χ0v) is 16.7. The van der Waals surface area contributed by atoms with Crippen LogP contribution in [-0.2, 0) is 17.6 Å². The van der Waals surface area contributed by atoms with Crippen LogP contribution in [-0.4, -0.2) is 56.4 Å². The molecule has 4 rings (SSSR count). The quantitative estimate of drug-likeness (QED) is 0.718. The minimum Gasteiger partial charge on any atom is -0.481 e. The smallest absolute Gasteiger partial charge is 0.313 e. The second-order valence-electron chi connectivity index (χ2n) is 6.06. The monoisotopic (exact) mass is 441 g/mol. The van der Waals surface area contributed by atoms with Crippen molar-refractivity contribution in [2.45, 2.75) is 30.3 Å². The molecule has 0 spiro atoms. The molecule has 0 radical (unpaired) electrons. The first-order valence-corrected chi connectivity index (χ1v) is 10.5. The van der Waals surface area contributed by atoms with Gasteiger partial charge in [0, 0.05) is 24.7 Å². The molecular weight excluding hydrogens is 426 g/mol. The number of carbonyl (C=O) groups is 1. The van der Waals surface area contributed by atoms with Gasteiger partial charge in [0.05, 0.1) is 11.7 Å². The molecule has 1 aliphatic heterocycles. The van der Waals surface area contributed by atoms with Gasteiger partial charge in [-0.05, 0) is 46.3 Å². The molecule has 0 saturated heterocycles. The van der Waals surface area contributed by atoms with Crippen molar-refractivity contribution >= 4 is 51.2 Å². The number of nitrogens with zero attached hydrogens (tertiary/aromatic N) is 5. The zero-order valence-electron chi connectivity index (χ0n) is 13.5. The lowest BCUT2D eigenvalue weighted by Gasteiger charge is -2.10. The molecule has 2 aromatic heterocycles. The Hall–Kier alpha value is -1.39. The number of hydrogen-bond donors (Lipinski definition) is 1. The summed E-state index contributed by atoms with van der Waals surface area (Å²) in [5, 5.41) is 25.3. The highest BCUT2D eigenvalue weighted by molar-refractivity contribution is 9.10. The number of hydrogen-bond acceptors (Lipinski definition) is 7. The van der Waals surface area contributed by atoms with Gasteiger partial charge in [0.2, 0.25) is 4.73 Å². The number of carboxylic acids is 1. The van der Waals surface area contributed by atoms with E-state index in [1.54, 1.807) is 11.3 Å². The number of aromatic nitrogens is 3. The summed E-state index contributed by atoms with van der Waals surface area (Å²) in [5.41, 5.74) is 2.78. The van der Waals surface area contributed by atoms with Crippen LogP contribution >= 0.6 is 39.0 Å². The molecule has 2 aromatic rings. The SMILES string of the molecule is CN1CC(c2sc(-n3c(Br)nnc3SCC(=O)O)c3c2CCC3)C=N1. The van der Waals surface area contributed by atoms with E-state index >= 15 is 0 Å². The molecule has 1 N–H and O–H groups in total. The van der Waals surface area contributed by atoms with E-state index in [1.165, 1.54) is 27.8 Å². The Kier molecular flexibility index (Phi) is 4.59. The molecular formula is C15H16BrN5O2S2. The molecule has 0 saturated carbocycles. The van der Waals surface area contributed by atoms with E-state index in [-0.39, 0.29) is 5.75 Å². The van der Waals surface area contributed by atoms with Gasteiger partial charge < -0.3 is 5.11 Å². The number of thiophene rings is 1. The molecule has 132 valence electrons. The molecule has 1 aliphatic carbocycles. The highest BCUT2D eigenvalue weighted by Crippen LogP contribution is 2.43. The van der Waals surface area contributed by atoms with E-state index in [4.69, 9.17) is 5.11 Å². The molecule has 0 amide bonds. The largest absolute Gasteiger partial charge is 0.481 e. The first-order valence-electron chi connectivity index (χ1n) is 7.90. The average molecular weight is 442 g/mol. The maximum Gasteiger partial charge on any atom is 0.313 e. The molecule has 1 unspecified atom stereocenters. The summed E-state index contributed by atoms with van der Waals surface area (Å²) >= 11 is 6.42. The van der Waals surface area contributed by atoms with Crippen molar-refractivity contribution in [3.63, 3.8) is 0 Å². The molecule has 3 heterocycles. The summed E-state index contributed by atoms with van der Waals surface area (Å²) < 4.78 is 2.56. The van der Waals surface area contributed by atoms with Gasteiger partial charge >= 0.3 is 5.97 Å². The Bertz CT molecular complexity index is 862. The fourth-order valence-electron chi connectivity index (χ4n) is 3.33. The number of fused-ring (bicyclic) bond motifs is 1. The standard InChI is InChI=1S/C15H16BrN5O2S2/c1-20-6-8(5-17-20)12-9-3-2-4-10(9)13(25-12)21-14(16)18-19-15(21)24-7-11(22)23/h5,8H,2-4,6-7H2,1H3,(H,22,23). The Labute approximate surface area is 161 Å². The Morgan fingerprint density at radius 2 is 2.24 bits per heavy atom. The highest BCUT2D eigenvalue weighted by Gasteiger charge is 2.31. The van der Waals surface area contributed by atoms with Crippen molar-refractivity contribution in [2.24, 2.45) is 5.10 Å². The lowest BCUT2D eigenvalue weighted by Crippen LogP contribution is -2.11. The number of halogens is 1. The van der Waals surface area contributed by atoms with Gasteiger partial charge in [0.25, 0.3) is 0 Å². The van der Waals surface area contributed by atoms with E-state index in [0.29, 0.717) is 15.8 Å². The number of aliphatic carboxylic acids is 1. The van der Waals surface area contributed by atoms with Gasteiger partial charge in [-0.25, -0.2) is 0 Å². The van der Waals surface area contributed by atoms with Crippen LogP contribution in [0.3, 0.4) is 0 Å². The number of hydrazone groups is 1. The fourth-order valence-corrected chi connectivity index (χ4v) is 6.16. The second kappa shape index (κ2) is 6.73. The van der Waals surface area contributed by atoms with Crippen molar-refractivity contribution in [3.05, 3.63) is 20.7 Å². The van der Waals surface area contributed by atoms with Crippen LogP contribution in [0.4, 0.5) is 0 Å². The molecule has 0 aromatic carbocycles. The summed E-state index contributed by atoms with van der Waals surface area (Å²) in [4.78, 5) is 12.3. The molecule has 25 heavy (non-hydrogen) atoms. The number of carboxylic acid groups (broad SMARTS) is 1. The van der Waals surface area contributed by atoms with Gasteiger partial charge in [-0.15, -0.1) is 21.5 Å². The van der Waals surface area contributed by atoms with Crippen molar-refractivity contribution in [3.8, 4) is 5.00 Å². The van der Waals surface area contributed by atoms with E-state index in [9.17, 15) is 4.79 Å². The first-order chi connectivity index (χ1) is 12.0. The van der Waals surface area contributed by atoms with Crippen LogP contribution in [0.1, 0.15) is 28.3 Å². The van der Waals surface area contributed by atoms with Crippen LogP contribution < -0.4 is 0 Å². The fraction of sp³-hybridized carbons (Fsp3) is 0.467.